The molecule has 1 fully saturated rings. The number of benzene rings is 1. The average molecular weight is 255 g/mol. The zero-order valence-electron chi connectivity index (χ0n) is 10.6. The highest BCUT2D eigenvalue weighted by molar-refractivity contribution is 5.28. The Morgan fingerprint density at radius 1 is 1.33 bits per heavy atom. The molecule has 1 aromatic rings. The molecule has 0 aliphatic carbocycles. The highest BCUT2D eigenvalue weighted by atomic mass is 19.3. The maximum absolute atomic E-state index is 12.0. The number of ether oxygens (including phenoxy) is 1. The first-order valence-electron chi connectivity index (χ1n) is 6.42. The van der Waals surface area contributed by atoms with Gasteiger partial charge in [0.15, 0.2) is 0 Å². The molecular formula is C14H19F2NO. The van der Waals surface area contributed by atoms with E-state index in [1.807, 2.05) is 12.1 Å². The Labute approximate surface area is 106 Å². The van der Waals surface area contributed by atoms with E-state index in [1.165, 1.54) is 12.8 Å². The Morgan fingerprint density at radius 3 is 2.56 bits per heavy atom. The van der Waals surface area contributed by atoms with E-state index in [4.69, 9.17) is 0 Å². The van der Waals surface area contributed by atoms with Crippen LogP contribution >= 0.6 is 0 Å². The van der Waals surface area contributed by atoms with Crippen molar-refractivity contribution in [3.05, 3.63) is 29.8 Å². The van der Waals surface area contributed by atoms with Crippen molar-refractivity contribution >= 4 is 0 Å². The first-order valence-corrected chi connectivity index (χ1v) is 6.42. The van der Waals surface area contributed by atoms with Gasteiger partial charge in [-0.25, -0.2) is 0 Å². The maximum atomic E-state index is 12.0. The number of rotatable bonds is 5. The van der Waals surface area contributed by atoms with Gasteiger partial charge in [-0.3, -0.25) is 0 Å². The van der Waals surface area contributed by atoms with Crippen molar-refractivity contribution in [3.63, 3.8) is 0 Å². The Hall–Kier alpha value is -1.16. The van der Waals surface area contributed by atoms with Gasteiger partial charge in [0.25, 0.3) is 0 Å². The Bertz CT molecular complexity index is 372. The van der Waals surface area contributed by atoms with E-state index in [0.717, 1.165) is 24.9 Å². The van der Waals surface area contributed by atoms with Gasteiger partial charge >= 0.3 is 6.61 Å². The van der Waals surface area contributed by atoms with Crippen LogP contribution in [0, 0.1) is 0 Å². The highest BCUT2D eigenvalue weighted by Gasteiger charge is 2.31. The molecule has 0 amide bonds. The van der Waals surface area contributed by atoms with Crippen LogP contribution in [0.15, 0.2) is 24.3 Å². The fourth-order valence-electron chi connectivity index (χ4n) is 2.63. The number of hydrogen-bond donors (Lipinski definition) is 1. The first-order chi connectivity index (χ1) is 8.63. The number of halogens is 2. The molecule has 0 aromatic heterocycles. The summed E-state index contributed by atoms with van der Waals surface area (Å²) in [7, 11) is 0. The molecule has 4 heteroatoms. The molecule has 2 nitrogen and oxygen atoms in total. The summed E-state index contributed by atoms with van der Waals surface area (Å²) in [5.41, 5.74) is 1.35. The predicted molar refractivity (Wildman–Crippen MR) is 67.0 cm³/mol. The Balaban J connectivity index is 2.01. The molecule has 100 valence electrons. The van der Waals surface area contributed by atoms with Crippen LogP contribution in [0.5, 0.6) is 5.75 Å². The van der Waals surface area contributed by atoms with E-state index in [1.54, 1.807) is 12.1 Å². The second-order valence-corrected chi connectivity index (χ2v) is 4.86. The molecule has 1 aliphatic heterocycles. The molecular weight excluding hydrogens is 236 g/mol. The van der Waals surface area contributed by atoms with Crippen molar-refractivity contribution in [2.45, 2.75) is 44.8 Å². The van der Waals surface area contributed by atoms with E-state index >= 15 is 0 Å². The summed E-state index contributed by atoms with van der Waals surface area (Å²) in [6.45, 7) is 0.502. The van der Waals surface area contributed by atoms with Crippen LogP contribution in [-0.2, 0) is 6.42 Å². The summed E-state index contributed by atoms with van der Waals surface area (Å²) < 4.78 is 28.4. The van der Waals surface area contributed by atoms with E-state index < -0.39 is 6.61 Å². The number of nitrogens with one attached hydrogen (secondary N) is 1. The molecule has 18 heavy (non-hydrogen) atoms. The minimum Gasteiger partial charge on any atom is -0.435 e. The second kappa shape index (κ2) is 5.65. The minimum atomic E-state index is -2.76. The number of hydrogen-bond acceptors (Lipinski definition) is 2. The Kier molecular flexibility index (Phi) is 4.17. The van der Waals surface area contributed by atoms with Gasteiger partial charge in [-0.15, -0.1) is 0 Å². The molecule has 1 N–H and O–H groups in total. The van der Waals surface area contributed by atoms with Crippen molar-refractivity contribution < 1.29 is 13.5 Å². The second-order valence-electron chi connectivity index (χ2n) is 4.86. The highest BCUT2D eigenvalue weighted by Crippen LogP contribution is 2.28. The lowest BCUT2D eigenvalue weighted by Gasteiger charge is -2.28. The summed E-state index contributed by atoms with van der Waals surface area (Å²) in [5, 5.41) is 3.56. The van der Waals surface area contributed by atoms with Gasteiger partial charge in [0, 0.05) is 5.54 Å². The van der Waals surface area contributed by atoms with E-state index in [0.29, 0.717) is 0 Å². The number of alkyl halides is 2. The third kappa shape index (κ3) is 3.19. The van der Waals surface area contributed by atoms with Gasteiger partial charge in [-0.05, 0) is 49.9 Å². The molecule has 1 heterocycles. The molecule has 0 bridgehead atoms. The van der Waals surface area contributed by atoms with Gasteiger partial charge in [-0.1, -0.05) is 19.1 Å². The van der Waals surface area contributed by atoms with Crippen molar-refractivity contribution in [2.24, 2.45) is 0 Å². The lowest BCUT2D eigenvalue weighted by atomic mass is 9.87. The normalized spacial score (nSPS) is 23.6. The topological polar surface area (TPSA) is 21.3 Å². The summed E-state index contributed by atoms with van der Waals surface area (Å²) in [6.07, 6.45) is 4.42. The van der Waals surface area contributed by atoms with Crippen molar-refractivity contribution in [1.82, 2.24) is 5.32 Å². The molecule has 1 unspecified atom stereocenters. The third-order valence-electron chi connectivity index (χ3n) is 3.70. The van der Waals surface area contributed by atoms with Crippen LogP contribution in [0.25, 0.3) is 0 Å². The maximum Gasteiger partial charge on any atom is 0.387 e. The van der Waals surface area contributed by atoms with Crippen LogP contribution in [0.4, 0.5) is 8.78 Å². The summed E-state index contributed by atoms with van der Waals surface area (Å²) >= 11 is 0. The van der Waals surface area contributed by atoms with E-state index in [9.17, 15) is 8.78 Å². The molecule has 0 radical (unpaired) electrons. The van der Waals surface area contributed by atoms with E-state index in [-0.39, 0.29) is 11.3 Å². The van der Waals surface area contributed by atoms with Gasteiger partial charge < -0.3 is 10.1 Å². The molecule has 1 aliphatic rings. The lowest BCUT2D eigenvalue weighted by Crippen LogP contribution is -2.41. The van der Waals surface area contributed by atoms with Gasteiger partial charge in [0.2, 0.25) is 0 Å². The lowest BCUT2D eigenvalue weighted by molar-refractivity contribution is -0.0498. The third-order valence-corrected chi connectivity index (χ3v) is 3.70. The zero-order valence-corrected chi connectivity index (χ0v) is 10.6. The minimum absolute atomic E-state index is 0.186. The molecule has 0 spiro atoms. The predicted octanol–water partition coefficient (Wildman–Crippen LogP) is 3.36. The van der Waals surface area contributed by atoms with Crippen LogP contribution in [0.2, 0.25) is 0 Å². The zero-order chi connectivity index (χ0) is 13.0. The van der Waals surface area contributed by atoms with Gasteiger partial charge in [-0.2, -0.15) is 8.78 Å². The SMILES string of the molecule is CCC1(Cc2ccc(OC(F)F)cc2)CCCN1. The first kappa shape index (κ1) is 13.3. The molecule has 1 aromatic carbocycles. The van der Waals surface area contributed by atoms with Crippen LogP contribution in [0.3, 0.4) is 0 Å². The molecule has 2 rings (SSSR count). The summed E-state index contributed by atoms with van der Waals surface area (Å²) in [6, 6.07) is 6.96. The fourth-order valence-corrected chi connectivity index (χ4v) is 2.63. The van der Waals surface area contributed by atoms with Crippen molar-refractivity contribution in [2.75, 3.05) is 6.54 Å². The van der Waals surface area contributed by atoms with Gasteiger partial charge in [0.1, 0.15) is 5.75 Å². The fraction of sp³-hybridized carbons (Fsp3) is 0.571. The van der Waals surface area contributed by atoms with Gasteiger partial charge in [0.05, 0.1) is 0 Å². The van der Waals surface area contributed by atoms with Crippen LogP contribution < -0.4 is 10.1 Å². The molecule has 1 atom stereocenters. The standard InChI is InChI=1S/C14H19F2NO/c1-2-14(8-3-9-17-14)10-11-4-6-12(7-5-11)18-13(15)16/h4-7,13,17H,2-3,8-10H2,1H3. The average Bonchev–Trinajstić information content (AvgIpc) is 2.80. The monoisotopic (exact) mass is 255 g/mol. The van der Waals surface area contributed by atoms with Crippen LogP contribution in [-0.4, -0.2) is 18.7 Å². The Morgan fingerprint density at radius 2 is 2.06 bits per heavy atom. The van der Waals surface area contributed by atoms with E-state index in [2.05, 4.69) is 17.0 Å². The summed E-state index contributed by atoms with van der Waals surface area (Å²) in [4.78, 5) is 0. The smallest absolute Gasteiger partial charge is 0.387 e. The summed E-state index contributed by atoms with van der Waals surface area (Å²) in [5.74, 6) is 0.221. The quantitative estimate of drug-likeness (QED) is 0.871. The van der Waals surface area contributed by atoms with Crippen molar-refractivity contribution in [1.29, 1.82) is 0 Å². The largest absolute Gasteiger partial charge is 0.435 e. The molecule has 0 saturated carbocycles. The van der Waals surface area contributed by atoms with Crippen LogP contribution in [0.1, 0.15) is 31.7 Å². The molecule has 1 saturated heterocycles. The van der Waals surface area contributed by atoms with Crippen molar-refractivity contribution in [3.8, 4) is 5.75 Å².